The van der Waals surface area contributed by atoms with E-state index in [2.05, 4.69) is 81.5 Å². The molecule has 0 saturated heterocycles. The Kier molecular flexibility index (Phi) is 62.2. The van der Waals surface area contributed by atoms with E-state index in [1.807, 2.05) is 0 Å². The predicted molar refractivity (Wildman–Crippen MR) is 330 cm³/mol. The van der Waals surface area contributed by atoms with Crippen LogP contribution in [0.1, 0.15) is 348 Å². The summed E-state index contributed by atoms with van der Waals surface area (Å²) in [5.41, 5.74) is 0. The third-order valence-electron chi connectivity index (χ3n) is 14.8. The van der Waals surface area contributed by atoms with E-state index >= 15 is 0 Å². The van der Waals surface area contributed by atoms with Crippen LogP contribution in [0.25, 0.3) is 0 Å². The van der Waals surface area contributed by atoms with Crippen molar-refractivity contribution in [2.75, 3.05) is 13.2 Å². The maximum absolute atomic E-state index is 12.9. The molecule has 0 aromatic carbocycles. The summed E-state index contributed by atoms with van der Waals surface area (Å²) in [5.74, 6) is -0.874. The largest absolute Gasteiger partial charge is 0.462 e. The second-order valence-electron chi connectivity index (χ2n) is 22.4. The summed E-state index contributed by atoms with van der Waals surface area (Å²) in [6.45, 7) is 6.55. The number of allylic oxidation sites excluding steroid dienone is 10. The topological polar surface area (TPSA) is 78.9 Å². The van der Waals surface area contributed by atoms with Gasteiger partial charge in [0, 0.05) is 19.3 Å². The quantitative estimate of drug-likeness (QED) is 0.0261. The Morgan fingerprint density at radius 1 is 0.276 bits per heavy atom. The molecule has 0 saturated carbocycles. The van der Waals surface area contributed by atoms with Gasteiger partial charge in [0.15, 0.2) is 6.10 Å². The van der Waals surface area contributed by atoms with Crippen LogP contribution in [-0.2, 0) is 28.6 Å². The number of rotatable bonds is 61. The molecule has 76 heavy (non-hydrogen) atoms. The Morgan fingerprint density at radius 3 is 0.803 bits per heavy atom. The molecule has 0 N–H and O–H groups in total. The molecule has 0 aliphatic rings. The van der Waals surface area contributed by atoms with E-state index in [9.17, 15) is 14.4 Å². The van der Waals surface area contributed by atoms with Crippen molar-refractivity contribution in [3.05, 3.63) is 60.8 Å². The highest BCUT2D eigenvalue weighted by Crippen LogP contribution is 2.17. The van der Waals surface area contributed by atoms with Crippen LogP contribution in [0.15, 0.2) is 60.8 Å². The van der Waals surface area contributed by atoms with E-state index < -0.39 is 6.10 Å². The van der Waals surface area contributed by atoms with Gasteiger partial charge in [-0.2, -0.15) is 0 Å². The molecule has 1 unspecified atom stereocenters. The third-order valence-corrected chi connectivity index (χ3v) is 14.8. The molecule has 0 bridgehead atoms. The summed E-state index contributed by atoms with van der Waals surface area (Å²) in [4.78, 5) is 38.3. The van der Waals surface area contributed by atoms with E-state index in [0.717, 1.165) is 103 Å². The average Bonchev–Trinajstić information content (AvgIpc) is 3.42. The summed E-state index contributed by atoms with van der Waals surface area (Å²) in [6.07, 6.45) is 82.4. The summed E-state index contributed by atoms with van der Waals surface area (Å²) in [5, 5.41) is 0. The summed E-state index contributed by atoms with van der Waals surface area (Å²) in [6, 6.07) is 0. The molecule has 0 heterocycles. The molecule has 0 rings (SSSR count). The van der Waals surface area contributed by atoms with Crippen LogP contribution in [0.2, 0.25) is 0 Å². The normalized spacial score (nSPS) is 12.4. The highest BCUT2D eigenvalue weighted by Gasteiger charge is 2.19. The third kappa shape index (κ3) is 62.0. The molecule has 0 radical (unpaired) electrons. The average molecular weight is 1060 g/mol. The van der Waals surface area contributed by atoms with Crippen molar-refractivity contribution in [2.45, 2.75) is 354 Å². The van der Waals surface area contributed by atoms with Gasteiger partial charge >= 0.3 is 17.9 Å². The standard InChI is InChI=1S/C70H126O6/c1-4-7-10-13-16-19-22-25-28-29-30-31-32-33-34-35-36-37-38-39-40-41-43-45-48-51-54-57-60-63-69(72)75-66-67(65-74-68(71)62-59-56-53-50-47-44-27-24-21-18-15-12-9-6-3)76-70(73)64-61-58-55-52-49-46-42-26-23-20-17-14-11-8-5-2/h8,11,17,20,22,25-26,29-30,42,67H,4-7,9-10,12-16,18-19,21,23-24,27-28,31-41,43-66H2,1-3H3/b11-8-,20-17-,25-22-,30-29-,42-26-. The van der Waals surface area contributed by atoms with Crippen molar-refractivity contribution >= 4 is 17.9 Å². The Balaban J connectivity index is 4.19. The van der Waals surface area contributed by atoms with Crippen LogP contribution in [0.3, 0.4) is 0 Å². The van der Waals surface area contributed by atoms with Crippen LogP contribution >= 0.6 is 0 Å². The van der Waals surface area contributed by atoms with Crippen molar-refractivity contribution in [2.24, 2.45) is 0 Å². The van der Waals surface area contributed by atoms with Crippen LogP contribution in [0, 0.1) is 0 Å². The number of carbonyl (C=O) groups excluding carboxylic acids is 3. The number of hydrogen-bond acceptors (Lipinski definition) is 6. The highest BCUT2D eigenvalue weighted by molar-refractivity contribution is 5.71. The summed E-state index contributed by atoms with van der Waals surface area (Å²) < 4.78 is 16.9. The fraction of sp³-hybridized carbons (Fsp3) is 0.814. The van der Waals surface area contributed by atoms with Crippen molar-refractivity contribution in [3.8, 4) is 0 Å². The van der Waals surface area contributed by atoms with E-state index in [1.165, 1.54) is 205 Å². The highest BCUT2D eigenvalue weighted by atomic mass is 16.6. The molecule has 0 aliphatic heterocycles. The molecule has 1 atom stereocenters. The molecular formula is C70H126O6. The van der Waals surface area contributed by atoms with Crippen LogP contribution in [-0.4, -0.2) is 37.2 Å². The van der Waals surface area contributed by atoms with E-state index in [-0.39, 0.29) is 31.1 Å². The number of esters is 3. The molecule has 0 aromatic heterocycles. The second kappa shape index (κ2) is 64.6. The van der Waals surface area contributed by atoms with Crippen molar-refractivity contribution in [1.82, 2.24) is 0 Å². The Hall–Kier alpha value is -2.89. The first-order valence-corrected chi connectivity index (χ1v) is 33.3. The first-order chi connectivity index (χ1) is 37.5. The lowest BCUT2D eigenvalue weighted by Crippen LogP contribution is -2.30. The zero-order valence-corrected chi connectivity index (χ0v) is 50.8. The molecule has 0 aromatic rings. The minimum Gasteiger partial charge on any atom is -0.462 e. The summed E-state index contributed by atoms with van der Waals surface area (Å²) >= 11 is 0. The van der Waals surface area contributed by atoms with E-state index in [1.54, 1.807) is 0 Å². The van der Waals surface area contributed by atoms with Gasteiger partial charge < -0.3 is 14.2 Å². The van der Waals surface area contributed by atoms with Gasteiger partial charge in [-0.1, -0.05) is 306 Å². The molecule has 0 aliphatic carbocycles. The Labute approximate surface area is 472 Å². The van der Waals surface area contributed by atoms with Gasteiger partial charge in [-0.05, 0) is 83.5 Å². The SMILES string of the molecule is CC/C=C\C/C=C\C/C=C\CCCCCCCC(=O)OC(COC(=O)CCCCCCCCCCCCCCCC)COC(=O)CCCCCCCCCCCCCCCCCCC/C=C\C/C=C\CCCCCCC. The van der Waals surface area contributed by atoms with Gasteiger partial charge in [0.25, 0.3) is 0 Å². The Bertz CT molecular complexity index is 1360. The minimum atomic E-state index is -0.781. The first kappa shape index (κ1) is 73.1. The molecule has 0 amide bonds. The maximum atomic E-state index is 12.9. The fourth-order valence-electron chi connectivity index (χ4n) is 9.79. The zero-order valence-electron chi connectivity index (χ0n) is 50.8. The van der Waals surface area contributed by atoms with Crippen LogP contribution < -0.4 is 0 Å². The van der Waals surface area contributed by atoms with Crippen molar-refractivity contribution in [3.63, 3.8) is 0 Å². The number of ether oxygens (including phenoxy) is 3. The molecule has 0 spiro atoms. The van der Waals surface area contributed by atoms with Gasteiger partial charge in [0.2, 0.25) is 0 Å². The fourth-order valence-corrected chi connectivity index (χ4v) is 9.79. The van der Waals surface area contributed by atoms with Crippen LogP contribution in [0.4, 0.5) is 0 Å². The lowest BCUT2D eigenvalue weighted by molar-refractivity contribution is -0.167. The number of hydrogen-bond donors (Lipinski definition) is 0. The van der Waals surface area contributed by atoms with Gasteiger partial charge in [0.1, 0.15) is 13.2 Å². The monoisotopic (exact) mass is 1060 g/mol. The predicted octanol–water partition coefficient (Wildman–Crippen LogP) is 22.7. The number of carbonyl (C=O) groups is 3. The second-order valence-corrected chi connectivity index (χ2v) is 22.4. The van der Waals surface area contributed by atoms with Gasteiger partial charge in [-0.25, -0.2) is 0 Å². The molecule has 442 valence electrons. The zero-order chi connectivity index (χ0) is 55.0. The van der Waals surface area contributed by atoms with Crippen molar-refractivity contribution in [1.29, 1.82) is 0 Å². The van der Waals surface area contributed by atoms with E-state index in [4.69, 9.17) is 14.2 Å². The van der Waals surface area contributed by atoms with E-state index in [0.29, 0.717) is 19.3 Å². The lowest BCUT2D eigenvalue weighted by Gasteiger charge is -2.18. The van der Waals surface area contributed by atoms with Crippen LogP contribution in [0.5, 0.6) is 0 Å². The maximum Gasteiger partial charge on any atom is 0.306 e. The molecular weight excluding hydrogens is 937 g/mol. The van der Waals surface area contributed by atoms with Gasteiger partial charge in [-0.3, -0.25) is 14.4 Å². The Morgan fingerprint density at radius 2 is 0.513 bits per heavy atom. The lowest BCUT2D eigenvalue weighted by atomic mass is 10.0. The van der Waals surface area contributed by atoms with Gasteiger partial charge in [0.05, 0.1) is 0 Å². The molecule has 6 nitrogen and oxygen atoms in total. The first-order valence-electron chi connectivity index (χ1n) is 33.3. The number of unbranched alkanes of at least 4 members (excludes halogenated alkanes) is 40. The summed E-state index contributed by atoms with van der Waals surface area (Å²) in [7, 11) is 0. The smallest absolute Gasteiger partial charge is 0.306 e. The molecule has 6 heteroatoms. The minimum absolute atomic E-state index is 0.0769. The molecule has 0 fully saturated rings. The van der Waals surface area contributed by atoms with Gasteiger partial charge in [-0.15, -0.1) is 0 Å². The van der Waals surface area contributed by atoms with Crippen molar-refractivity contribution < 1.29 is 28.6 Å².